The Morgan fingerprint density at radius 1 is 1.14 bits per heavy atom. The normalized spacial score (nSPS) is 14.7. The molecule has 3 rings (SSSR count). The molecule has 1 fully saturated rings. The van der Waals surface area contributed by atoms with E-state index in [1.165, 1.54) is 0 Å². The van der Waals surface area contributed by atoms with Crippen molar-refractivity contribution in [2.75, 3.05) is 31.6 Å². The number of hydrogen-bond acceptors (Lipinski definition) is 4. The molecular formula is C23H29N3O3. The number of likely N-dealkylation sites (tertiary alicyclic amines) is 1. The zero-order chi connectivity index (χ0) is 20.5. The maximum absolute atomic E-state index is 13.1. The van der Waals surface area contributed by atoms with E-state index in [2.05, 4.69) is 10.6 Å². The molecule has 1 atom stereocenters. The van der Waals surface area contributed by atoms with Gasteiger partial charge in [0.2, 0.25) is 11.8 Å². The molecule has 2 aromatic carbocycles. The summed E-state index contributed by atoms with van der Waals surface area (Å²) >= 11 is 0. The van der Waals surface area contributed by atoms with Crippen LogP contribution in [-0.2, 0) is 9.59 Å². The highest BCUT2D eigenvalue weighted by Crippen LogP contribution is 2.25. The number of para-hydroxylation sites is 2. The smallest absolute Gasteiger partial charge is 0.246 e. The average Bonchev–Trinajstić information content (AvgIpc) is 3.15. The maximum Gasteiger partial charge on any atom is 0.246 e. The Balaban J connectivity index is 1.64. The molecule has 0 saturated carbocycles. The minimum absolute atomic E-state index is 0.138. The van der Waals surface area contributed by atoms with Crippen LogP contribution in [0.1, 0.15) is 37.8 Å². The van der Waals surface area contributed by atoms with Crippen LogP contribution in [0.15, 0.2) is 54.6 Å². The van der Waals surface area contributed by atoms with Crippen molar-refractivity contribution < 1.29 is 14.3 Å². The first-order valence-corrected chi connectivity index (χ1v) is 10.3. The van der Waals surface area contributed by atoms with E-state index in [0.717, 1.165) is 31.5 Å². The van der Waals surface area contributed by atoms with Crippen molar-refractivity contribution in [1.82, 2.24) is 10.2 Å². The van der Waals surface area contributed by atoms with Crippen LogP contribution in [0, 0.1) is 0 Å². The van der Waals surface area contributed by atoms with Gasteiger partial charge in [0.1, 0.15) is 11.8 Å². The number of benzene rings is 2. The topological polar surface area (TPSA) is 70.7 Å². The van der Waals surface area contributed by atoms with E-state index in [-0.39, 0.29) is 11.8 Å². The summed E-state index contributed by atoms with van der Waals surface area (Å²) in [4.78, 5) is 26.7. The zero-order valence-electron chi connectivity index (χ0n) is 16.9. The fraction of sp³-hybridized carbons (Fsp3) is 0.391. The predicted octanol–water partition coefficient (Wildman–Crippen LogP) is 3.37. The van der Waals surface area contributed by atoms with Gasteiger partial charge in [0.15, 0.2) is 0 Å². The first-order valence-electron chi connectivity index (χ1n) is 10.3. The first kappa shape index (κ1) is 20.9. The van der Waals surface area contributed by atoms with Gasteiger partial charge in [0.25, 0.3) is 0 Å². The SMILES string of the molecule is CCOc1ccccc1NC(=O)[C@@H](NCCCN1CCCC1=O)c1ccccc1. The summed E-state index contributed by atoms with van der Waals surface area (Å²) in [6.45, 7) is 4.65. The Labute approximate surface area is 172 Å². The number of anilines is 1. The van der Waals surface area contributed by atoms with Gasteiger partial charge in [0, 0.05) is 19.5 Å². The van der Waals surface area contributed by atoms with Gasteiger partial charge >= 0.3 is 0 Å². The van der Waals surface area contributed by atoms with Gasteiger partial charge in [-0.15, -0.1) is 0 Å². The maximum atomic E-state index is 13.1. The van der Waals surface area contributed by atoms with Crippen LogP contribution >= 0.6 is 0 Å². The molecule has 29 heavy (non-hydrogen) atoms. The largest absolute Gasteiger partial charge is 0.492 e. The quantitative estimate of drug-likeness (QED) is 0.605. The fourth-order valence-electron chi connectivity index (χ4n) is 3.52. The molecule has 1 aliphatic rings. The van der Waals surface area contributed by atoms with E-state index < -0.39 is 6.04 Å². The van der Waals surface area contributed by atoms with Gasteiger partial charge in [0.05, 0.1) is 12.3 Å². The molecular weight excluding hydrogens is 366 g/mol. The van der Waals surface area contributed by atoms with Crippen molar-refractivity contribution >= 4 is 17.5 Å². The Morgan fingerprint density at radius 3 is 2.62 bits per heavy atom. The van der Waals surface area contributed by atoms with E-state index in [4.69, 9.17) is 4.74 Å². The molecule has 0 radical (unpaired) electrons. The molecule has 0 bridgehead atoms. The first-order chi connectivity index (χ1) is 14.2. The molecule has 0 aliphatic carbocycles. The number of nitrogens with one attached hydrogen (secondary N) is 2. The molecule has 2 N–H and O–H groups in total. The second kappa shape index (κ2) is 10.6. The van der Waals surface area contributed by atoms with Crippen LogP contribution in [0.25, 0.3) is 0 Å². The number of ether oxygens (including phenoxy) is 1. The van der Waals surface area contributed by atoms with Gasteiger partial charge < -0.3 is 20.3 Å². The number of carbonyl (C=O) groups is 2. The van der Waals surface area contributed by atoms with Gasteiger partial charge in [-0.05, 0) is 44.0 Å². The molecule has 1 saturated heterocycles. The molecule has 1 heterocycles. The number of rotatable bonds is 10. The van der Waals surface area contributed by atoms with E-state index >= 15 is 0 Å². The Morgan fingerprint density at radius 2 is 1.90 bits per heavy atom. The summed E-state index contributed by atoms with van der Waals surface area (Å²) < 4.78 is 5.62. The Hall–Kier alpha value is -2.86. The van der Waals surface area contributed by atoms with Crippen molar-refractivity contribution in [3.63, 3.8) is 0 Å². The Bertz CT molecular complexity index is 810. The number of carbonyl (C=O) groups excluding carboxylic acids is 2. The molecule has 2 amide bonds. The number of hydrogen-bond donors (Lipinski definition) is 2. The van der Waals surface area contributed by atoms with E-state index in [1.54, 1.807) is 0 Å². The second-order valence-corrected chi connectivity index (χ2v) is 7.05. The van der Waals surface area contributed by atoms with Crippen molar-refractivity contribution in [3.05, 3.63) is 60.2 Å². The third-order valence-corrected chi connectivity index (χ3v) is 4.96. The van der Waals surface area contributed by atoms with Crippen molar-refractivity contribution in [3.8, 4) is 5.75 Å². The van der Waals surface area contributed by atoms with Crippen LogP contribution in [0.5, 0.6) is 5.75 Å². The van der Waals surface area contributed by atoms with Crippen molar-refractivity contribution in [2.45, 2.75) is 32.2 Å². The molecule has 6 heteroatoms. The van der Waals surface area contributed by atoms with E-state index in [9.17, 15) is 9.59 Å². The highest BCUT2D eigenvalue weighted by atomic mass is 16.5. The molecule has 154 valence electrons. The summed E-state index contributed by atoms with van der Waals surface area (Å²) in [7, 11) is 0. The van der Waals surface area contributed by atoms with Gasteiger partial charge in [-0.2, -0.15) is 0 Å². The van der Waals surface area contributed by atoms with E-state index in [0.29, 0.717) is 31.0 Å². The number of nitrogens with zero attached hydrogens (tertiary/aromatic N) is 1. The van der Waals surface area contributed by atoms with Crippen LogP contribution in [0.2, 0.25) is 0 Å². The van der Waals surface area contributed by atoms with E-state index in [1.807, 2.05) is 66.4 Å². The van der Waals surface area contributed by atoms with Crippen molar-refractivity contribution in [1.29, 1.82) is 0 Å². The highest BCUT2D eigenvalue weighted by Gasteiger charge is 2.22. The molecule has 6 nitrogen and oxygen atoms in total. The summed E-state index contributed by atoms with van der Waals surface area (Å²) in [6.07, 6.45) is 2.40. The third-order valence-electron chi connectivity index (χ3n) is 4.96. The highest BCUT2D eigenvalue weighted by molar-refractivity contribution is 5.96. The van der Waals surface area contributed by atoms with Crippen molar-refractivity contribution in [2.24, 2.45) is 0 Å². The zero-order valence-corrected chi connectivity index (χ0v) is 16.9. The number of amides is 2. The van der Waals surface area contributed by atoms with Crippen LogP contribution in [-0.4, -0.2) is 43.0 Å². The summed E-state index contributed by atoms with van der Waals surface area (Å²) in [5, 5.41) is 6.35. The molecule has 0 unspecified atom stereocenters. The lowest BCUT2D eigenvalue weighted by molar-refractivity contribution is -0.127. The fourth-order valence-corrected chi connectivity index (χ4v) is 3.52. The third kappa shape index (κ3) is 5.81. The molecule has 0 aromatic heterocycles. The Kier molecular flexibility index (Phi) is 7.64. The lowest BCUT2D eigenvalue weighted by atomic mass is 10.1. The minimum atomic E-state index is -0.486. The molecule has 0 spiro atoms. The lowest BCUT2D eigenvalue weighted by Gasteiger charge is -2.21. The minimum Gasteiger partial charge on any atom is -0.492 e. The summed E-state index contributed by atoms with van der Waals surface area (Å²) in [5.74, 6) is 0.748. The average molecular weight is 396 g/mol. The predicted molar refractivity (Wildman–Crippen MR) is 114 cm³/mol. The standard InChI is InChI=1S/C23H29N3O3/c1-2-29-20-13-7-6-12-19(20)25-23(28)22(18-10-4-3-5-11-18)24-15-9-17-26-16-8-14-21(26)27/h3-7,10-13,22,24H,2,8-9,14-17H2,1H3,(H,25,28)/t22-/m0/s1. The molecule has 1 aliphatic heterocycles. The van der Waals surface area contributed by atoms with Crippen LogP contribution < -0.4 is 15.4 Å². The van der Waals surface area contributed by atoms with Gasteiger partial charge in [-0.25, -0.2) is 0 Å². The van der Waals surface area contributed by atoms with Gasteiger partial charge in [-0.1, -0.05) is 42.5 Å². The lowest BCUT2D eigenvalue weighted by Crippen LogP contribution is -2.35. The monoisotopic (exact) mass is 395 g/mol. The van der Waals surface area contributed by atoms with Crippen LogP contribution in [0.3, 0.4) is 0 Å². The van der Waals surface area contributed by atoms with Gasteiger partial charge in [-0.3, -0.25) is 9.59 Å². The second-order valence-electron chi connectivity index (χ2n) is 7.05. The molecule has 2 aromatic rings. The summed E-state index contributed by atoms with van der Waals surface area (Å²) in [6, 6.07) is 16.6. The summed E-state index contributed by atoms with van der Waals surface area (Å²) in [5.41, 5.74) is 1.56. The van der Waals surface area contributed by atoms with Crippen LogP contribution in [0.4, 0.5) is 5.69 Å².